The molecule has 0 fully saturated rings. The Morgan fingerprint density at radius 3 is 2.52 bits per heavy atom. The van der Waals surface area contributed by atoms with Gasteiger partial charge in [-0.3, -0.25) is 23.9 Å². The lowest BCUT2D eigenvalue weighted by atomic mass is 9.96. The molecule has 12 heteroatoms. The molecule has 0 aromatic carbocycles. The topological polar surface area (TPSA) is 113 Å². The molecule has 5 heterocycles. The fourth-order valence-corrected chi connectivity index (χ4v) is 5.99. The Hall–Kier alpha value is -3.80. The van der Waals surface area contributed by atoms with Crippen LogP contribution >= 0.6 is 34.7 Å². The molecule has 0 saturated carbocycles. The van der Waals surface area contributed by atoms with Gasteiger partial charge in [0.1, 0.15) is 10.7 Å². The van der Waals surface area contributed by atoms with E-state index in [1.807, 2.05) is 39.0 Å². The molecular formula is C28H24ClN5O4S2. The maximum absolute atomic E-state index is 13.4. The minimum absolute atomic E-state index is 0.0333. The molecule has 0 aliphatic rings. The molecule has 0 radical (unpaired) electrons. The van der Waals surface area contributed by atoms with E-state index in [0.717, 1.165) is 4.88 Å². The van der Waals surface area contributed by atoms with Crippen LogP contribution in [0, 0.1) is 5.41 Å². The summed E-state index contributed by atoms with van der Waals surface area (Å²) in [5.74, 6) is -0.0326. The number of nitrogens with zero attached hydrogens (tertiary/aromatic N) is 5. The normalized spacial score (nSPS) is 11.6. The van der Waals surface area contributed by atoms with Gasteiger partial charge in [-0.15, -0.1) is 23.1 Å². The van der Waals surface area contributed by atoms with Gasteiger partial charge in [0.2, 0.25) is 11.5 Å². The predicted octanol–water partition coefficient (Wildman–Crippen LogP) is 6.34. The summed E-state index contributed by atoms with van der Waals surface area (Å²) in [7, 11) is 0. The standard InChI is InChI=1S/C28H24ClN5O4S2/c1-28(2,3)27(37)34-26(39-16-18-7-8-24(29)40-18)14-20(32-34)21-12-17(19-6-4-5-10-30-19)13-25(36)33(21)15-22(35)23-9-11-31-38-23/h4-14H,15-16H2,1-3H3. The van der Waals surface area contributed by atoms with Gasteiger partial charge in [0, 0.05) is 46.0 Å². The van der Waals surface area contributed by atoms with Crippen LogP contribution in [0.3, 0.4) is 0 Å². The van der Waals surface area contributed by atoms with Gasteiger partial charge in [-0.25, -0.2) is 0 Å². The zero-order valence-corrected chi connectivity index (χ0v) is 24.2. The van der Waals surface area contributed by atoms with Crippen molar-refractivity contribution in [1.29, 1.82) is 0 Å². The molecular weight excluding hydrogens is 570 g/mol. The van der Waals surface area contributed by atoms with Crippen molar-refractivity contribution in [2.75, 3.05) is 0 Å². The van der Waals surface area contributed by atoms with E-state index in [2.05, 4.69) is 15.2 Å². The molecule has 204 valence electrons. The Labute approximate surface area is 242 Å². The van der Waals surface area contributed by atoms with Crippen molar-refractivity contribution in [3.05, 3.63) is 92.3 Å². The third-order valence-electron chi connectivity index (χ3n) is 5.87. The smallest absolute Gasteiger partial charge is 0.253 e. The molecule has 0 N–H and O–H groups in total. The number of hydrogen-bond donors (Lipinski definition) is 0. The largest absolute Gasteiger partial charge is 0.353 e. The van der Waals surface area contributed by atoms with Gasteiger partial charge in [-0.1, -0.05) is 43.6 Å². The van der Waals surface area contributed by atoms with Gasteiger partial charge in [0.25, 0.3) is 11.5 Å². The van der Waals surface area contributed by atoms with Gasteiger partial charge in [0.15, 0.2) is 0 Å². The number of halogens is 1. The van der Waals surface area contributed by atoms with Crippen LogP contribution in [0.4, 0.5) is 0 Å². The first-order chi connectivity index (χ1) is 19.1. The Morgan fingerprint density at radius 2 is 1.88 bits per heavy atom. The lowest BCUT2D eigenvalue weighted by Gasteiger charge is -2.17. The first-order valence-corrected chi connectivity index (χ1v) is 14.4. The summed E-state index contributed by atoms with van der Waals surface area (Å²) in [5, 5.41) is 8.86. The Bertz CT molecular complexity index is 1730. The van der Waals surface area contributed by atoms with E-state index in [1.165, 1.54) is 50.7 Å². The van der Waals surface area contributed by atoms with Crippen LogP contribution in [0.1, 0.15) is 41.0 Å². The van der Waals surface area contributed by atoms with Crippen LogP contribution in [0.25, 0.3) is 22.6 Å². The number of pyridine rings is 2. The molecule has 5 aromatic heterocycles. The Kier molecular flexibility index (Phi) is 7.88. The number of rotatable bonds is 8. The first kappa shape index (κ1) is 27.8. The molecule has 0 unspecified atom stereocenters. The maximum Gasteiger partial charge on any atom is 0.253 e. The van der Waals surface area contributed by atoms with E-state index in [0.29, 0.717) is 37.8 Å². The number of Topliss-reactive ketones (excluding diaryl/α,β-unsaturated/α-hetero) is 1. The average molecular weight is 594 g/mol. The summed E-state index contributed by atoms with van der Waals surface area (Å²) < 4.78 is 8.38. The highest BCUT2D eigenvalue weighted by Crippen LogP contribution is 2.33. The zero-order chi connectivity index (χ0) is 28.4. The summed E-state index contributed by atoms with van der Waals surface area (Å²) >= 11 is 9.01. The molecule has 5 rings (SSSR count). The van der Waals surface area contributed by atoms with Crippen LogP contribution in [-0.4, -0.2) is 36.2 Å². The lowest BCUT2D eigenvalue weighted by Crippen LogP contribution is -2.28. The van der Waals surface area contributed by atoms with Crippen LogP contribution in [0.5, 0.6) is 0 Å². The quantitative estimate of drug-likeness (QED) is 0.151. The van der Waals surface area contributed by atoms with Crippen LogP contribution in [0.2, 0.25) is 4.34 Å². The molecule has 0 saturated heterocycles. The molecule has 0 amide bonds. The van der Waals surface area contributed by atoms with E-state index in [-0.39, 0.29) is 18.2 Å². The predicted molar refractivity (Wildman–Crippen MR) is 155 cm³/mol. The third-order valence-corrected chi connectivity index (χ3v) is 8.32. The highest BCUT2D eigenvalue weighted by Gasteiger charge is 2.28. The van der Waals surface area contributed by atoms with Gasteiger partial charge in [-0.2, -0.15) is 9.78 Å². The van der Waals surface area contributed by atoms with Crippen molar-refractivity contribution in [2.24, 2.45) is 5.41 Å². The SMILES string of the molecule is CC(C)(C)C(=O)n1nc(-c2cc(-c3ccccn3)cc(=O)n2CC(=O)c2ccno2)cc1SCc1ccc(Cl)s1. The van der Waals surface area contributed by atoms with E-state index >= 15 is 0 Å². The summed E-state index contributed by atoms with van der Waals surface area (Å²) in [5.41, 5.74) is 0.729. The second-order valence-corrected chi connectivity index (χ2v) is 12.7. The Balaban J connectivity index is 1.64. The van der Waals surface area contributed by atoms with E-state index in [1.54, 1.807) is 30.5 Å². The summed E-state index contributed by atoms with van der Waals surface area (Å²) in [6, 6.07) is 15.5. The van der Waals surface area contributed by atoms with Crippen molar-refractivity contribution in [3.63, 3.8) is 0 Å². The summed E-state index contributed by atoms with van der Waals surface area (Å²) in [6.07, 6.45) is 3.00. The van der Waals surface area contributed by atoms with Crippen molar-refractivity contribution in [1.82, 2.24) is 24.5 Å². The van der Waals surface area contributed by atoms with Crippen LogP contribution < -0.4 is 5.56 Å². The first-order valence-electron chi connectivity index (χ1n) is 12.2. The number of thioether (sulfide) groups is 1. The van der Waals surface area contributed by atoms with E-state index in [9.17, 15) is 14.4 Å². The number of thiophene rings is 1. The average Bonchev–Trinajstić information content (AvgIpc) is 3.69. The van der Waals surface area contributed by atoms with E-state index < -0.39 is 16.8 Å². The van der Waals surface area contributed by atoms with Gasteiger partial charge in [-0.05, 0) is 30.3 Å². The lowest BCUT2D eigenvalue weighted by molar-refractivity contribution is 0.0736. The molecule has 0 atom stereocenters. The highest BCUT2D eigenvalue weighted by atomic mass is 35.5. The second-order valence-electron chi connectivity index (χ2n) is 9.90. The number of ketones is 1. The van der Waals surface area contributed by atoms with Crippen LogP contribution in [0.15, 0.2) is 81.3 Å². The fraction of sp³-hybridized carbons (Fsp3) is 0.214. The number of carbonyl (C=O) groups is 2. The van der Waals surface area contributed by atoms with Crippen molar-refractivity contribution in [2.45, 2.75) is 38.1 Å². The molecule has 0 spiro atoms. The molecule has 0 aliphatic carbocycles. The van der Waals surface area contributed by atoms with Crippen LogP contribution in [-0.2, 0) is 12.3 Å². The Morgan fingerprint density at radius 1 is 1.05 bits per heavy atom. The number of carbonyl (C=O) groups excluding carboxylic acids is 2. The van der Waals surface area contributed by atoms with Crippen molar-refractivity contribution in [3.8, 4) is 22.6 Å². The maximum atomic E-state index is 13.4. The number of hydrogen-bond acceptors (Lipinski definition) is 9. The van der Waals surface area contributed by atoms with Gasteiger partial charge in [0.05, 0.1) is 28.5 Å². The fourth-order valence-electron chi connectivity index (χ4n) is 3.86. The van der Waals surface area contributed by atoms with Gasteiger partial charge >= 0.3 is 0 Å². The second kappa shape index (κ2) is 11.4. The number of aromatic nitrogens is 5. The molecule has 0 bridgehead atoms. The monoisotopic (exact) mass is 593 g/mol. The minimum atomic E-state index is -0.720. The highest BCUT2D eigenvalue weighted by molar-refractivity contribution is 7.98. The van der Waals surface area contributed by atoms with Crippen molar-refractivity contribution >= 4 is 46.4 Å². The molecule has 0 aliphatic heterocycles. The van der Waals surface area contributed by atoms with Crippen molar-refractivity contribution < 1.29 is 14.1 Å². The summed E-state index contributed by atoms with van der Waals surface area (Å²) in [6.45, 7) is 5.15. The molecule has 5 aromatic rings. The summed E-state index contributed by atoms with van der Waals surface area (Å²) in [4.78, 5) is 45.2. The minimum Gasteiger partial charge on any atom is -0.353 e. The molecule has 9 nitrogen and oxygen atoms in total. The molecule has 40 heavy (non-hydrogen) atoms. The third kappa shape index (κ3) is 6.01. The van der Waals surface area contributed by atoms with Gasteiger partial charge < -0.3 is 4.52 Å². The zero-order valence-electron chi connectivity index (χ0n) is 21.8. The van der Waals surface area contributed by atoms with E-state index in [4.69, 9.17) is 16.1 Å².